The number of rotatable bonds is 2. The van der Waals surface area contributed by atoms with E-state index in [-0.39, 0.29) is 5.02 Å². The van der Waals surface area contributed by atoms with Crippen LogP contribution in [0.5, 0.6) is 0 Å². The van der Waals surface area contributed by atoms with E-state index in [4.69, 9.17) is 11.6 Å². The summed E-state index contributed by atoms with van der Waals surface area (Å²) in [6.45, 7) is 0. The predicted octanol–water partition coefficient (Wildman–Crippen LogP) is 3.62. The van der Waals surface area contributed by atoms with Crippen LogP contribution in [0.25, 0.3) is 0 Å². The molecule has 0 bridgehead atoms. The lowest BCUT2D eigenvalue weighted by Gasteiger charge is -2.09. The van der Waals surface area contributed by atoms with E-state index in [9.17, 15) is 9.50 Å². The van der Waals surface area contributed by atoms with Gasteiger partial charge in [0.1, 0.15) is 11.9 Å². The van der Waals surface area contributed by atoms with Gasteiger partial charge in [0, 0.05) is 0 Å². The third-order valence-electron chi connectivity index (χ3n) is 2.12. The molecule has 1 unspecified atom stereocenters. The summed E-state index contributed by atoms with van der Waals surface area (Å²) in [5.74, 6) is -0.474. The van der Waals surface area contributed by atoms with Crippen molar-refractivity contribution in [3.8, 4) is 0 Å². The molecule has 0 saturated heterocycles. The average molecular weight is 243 g/mol. The maximum Gasteiger partial charge on any atom is 0.141 e. The Balaban J connectivity index is 2.34. The zero-order valence-corrected chi connectivity index (χ0v) is 9.23. The molecule has 1 atom stereocenters. The summed E-state index contributed by atoms with van der Waals surface area (Å²) in [5, 5.41) is 13.7. The number of hydrogen-bond acceptors (Lipinski definition) is 2. The first-order valence-corrected chi connectivity index (χ1v) is 5.65. The average Bonchev–Trinajstić information content (AvgIpc) is 2.74. The Labute approximate surface area is 95.8 Å². The summed E-state index contributed by atoms with van der Waals surface area (Å²) in [7, 11) is 0. The summed E-state index contributed by atoms with van der Waals surface area (Å²) >= 11 is 7.14. The van der Waals surface area contributed by atoms with Crippen LogP contribution in [0.2, 0.25) is 5.02 Å². The second-order valence-corrected chi connectivity index (χ2v) is 4.32. The topological polar surface area (TPSA) is 20.2 Å². The Bertz CT molecular complexity index is 456. The van der Waals surface area contributed by atoms with Crippen LogP contribution in [0.3, 0.4) is 0 Å². The minimum Gasteiger partial charge on any atom is -0.384 e. The van der Waals surface area contributed by atoms with E-state index in [0.29, 0.717) is 5.56 Å². The zero-order valence-electron chi connectivity index (χ0n) is 7.65. The maximum atomic E-state index is 12.9. The van der Waals surface area contributed by atoms with Crippen molar-refractivity contribution >= 4 is 22.9 Å². The summed E-state index contributed by atoms with van der Waals surface area (Å²) in [5.41, 5.74) is 1.39. The molecule has 2 aromatic rings. The molecule has 78 valence electrons. The fourth-order valence-corrected chi connectivity index (χ4v) is 2.17. The van der Waals surface area contributed by atoms with Crippen molar-refractivity contribution in [2.75, 3.05) is 0 Å². The fraction of sp³-hybridized carbons (Fsp3) is 0.0909. The normalized spacial score (nSPS) is 12.7. The van der Waals surface area contributed by atoms with Crippen molar-refractivity contribution in [3.05, 3.63) is 57.0 Å². The van der Waals surface area contributed by atoms with E-state index in [0.717, 1.165) is 5.56 Å². The van der Waals surface area contributed by atoms with E-state index in [1.165, 1.54) is 29.5 Å². The molecule has 1 aromatic carbocycles. The third kappa shape index (κ3) is 2.20. The number of aliphatic hydroxyl groups is 1. The van der Waals surface area contributed by atoms with E-state index < -0.39 is 11.9 Å². The van der Waals surface area contributed by atoms with Gasteiger partial charge in [-0.3, -0.25) is 0 Å². The molecule has 4 heteroatoms. The predicted molar refractivity (Wildman–Crippen MR) is 59.8 cm³/mol. The molecule has 1 nitrogen and oxygen atoms in total. The maximum absolute atomic E-state index is 12.9. The van der Waals surface area contributed by atoms with Gasteiger partial charge in [-0.1, -0.05) is 17.7 Å². The molecular weight excluding hydrogens is 235 g/mol. The number of hydrogen-bond donors (Lipinski definition) is 1. The summed E-state index contributed by atoms with van der Waals surface area (Å²) < 4.78 is 12.9. The van der Waals surface area contributed by atoms with E-state index >= 15 is 0 Å². The number of aliphatic hydroxyl groups excluding tert-OH is 1. The molecule has 0 aliphatic carbocycles. The Morgan fingerprint density at radius 3 is 2.67 bits per heavy atom. The van der Waals surface area contributed by atoms with Gasteiger partial charge in [0.25, 0.3) is 0 Å². The van der Waals surface area contributed by atoms with E-state index in [1.54, 1.807) is 0 Å². The van der Waals surface area contributed by atoms with Crippen LogP contribution in [0.4, 0.5) is 4.39 Å². The molecular formula is C11H8ClFOS. The Morgan fingerprint density at radius 1 is 1.27 bits per heavy atom. The van der Waals surface area contributed by atoms with Gasteiger partial charge in [0.2, 0.25) is 0 Å². The van der Waals surface area contributed by atoms with Crippen LogP contribution in [-0.2, 0) is 0 Å². The Hall–Kier alpha value is -0.900. The van der Waals surface area contributed by atoms with Crippen molar-refractivity contribution in [2.24, 2.45) is 0 Å². The van der Waals surface area contributed by atoms with Gasteiger partial charge < -0.3 is 5.11 Å². The summed E-state index contributed by atoms with van der Waals surface area (Å²) in [6.07, 6.45) is -0.741. The van der Waals surface area contributed by atoms with Crippen molar-refractivity contribution in [2.45, 2.75) is 6.10 Å². The number of benzene rings is 1. The Morgan fingerprint density at radius 2 is 2.07 bits per heavy atom. The van der Waals surface area contributed by atoms with Crippen molar-refractivity contribution in [1.29, 1.82) is 0 Å². The van der Waals surface area contributed by atoms with Crippen LogP contribution in [-0.4, -0.2) is 5.11 Å². The van der Waals surface area contributed by atoms with Crippen molar-refractivity contribution < 1.29 is 9.50 Å². The van der Waals surface area contributed by atoms with Crippen LogP contribution in [0.1, 0.15) is 17.2 Å². The highest BCUT2D eigenvalue weighted by Gasteiger charge is 2.12. The highest BCUT2D eigenvalue weighted by molar-refractivity contribution is 7.07. The molecule has 0 fully saturated rings. The molecule has 0 amide bonds. The molecule has 0 saturated carbocycles. The van der Waals surface area contributed by atoms with Gasteiger partial charge in [0.05, 0.1) is 5.02 Å². The van der Waals surface area contributed by atoms with Gasteiger partial charge in [-0.2, -0.15) is 11.3 Å². The smallest absolute Gasteiger partial charge is 0.141 e. The lowest BCUT2D eigenvalue weighted by molar-refractivity contribution is 0.220. The summed E-state index contributed by atoms with van der Waals surface area (Å²) in [6, 6.07) is 6.06. The first-order chi connectivity index (χ1) is 7.18. The molecule has 15 heavy (non-hydrogen) atoms. The third-order valence-corrected chi connectivity index (χ3v) is 3.11. The molecule has 0 radical (unpaired) electrons. The van der Waals surface area contributed by atoms with E-state index in [1.807, 2.05) is 16.8 Å². The summed E-state index contributed by atoms with van der Waals surface area (Å²) in [4.78, 5) is 0. The fourth-order valence-electron chi connectivity index (χ4n) is 1.31. The Kier molecular flexibility index (Phi) is 3.05. The molecule has 0 spiro atoms. The highest BCUT2D eigenvalue weighted by atomic mass is 35.5. The number of halogens is 2. The molecule has 1 heterocycles. The number of thiophene rings is 1. The molecule has 1 aromatic heterocycles. The first kappa shape index (κ1) is 10.6. The van der Waals surface area contributed by atoms with Gasteiger partial charge in [0.15, 0.2) is 0 Å². The van der Waals surface area contributed by atoms with Crippen molar-refractivity contribution in [1.82, 2.24) is 0 Å². The van der Waals surface area contributed by atoms with Gasteiger partial charge >= 0.3 is 0 Å². The van der Waals surface area contributed by atoms with Gasteiger partial charge in [-0.05, 0) is 40.1 Å². The minimum absolute atomic E-state index is 0.0294. The monoisotopic (exact) mass is 242 g/mol. The van der Waals surface area contributed by atoms with Crippen LogP contribution < -0.4 is 0 Å². The minimum atomic E-state index is -0.741. The second-order valence-electron chi connectivity index (χ2n) is 3.13. The van der Waals surface area contributed by atoms with E-state index in [2.05, 4.69) is 0 Å². The standard InChI is InChI=1S/C11H8ClFOS/c12-9-5-7(1-2-10(9)13)11(14)8-3-4-15-6-8/h1-6,11,14H. The van der Waals surface area contributed by atoms with Crippen LogP contribution in [0.15, 0.2) is 35.0 Å². The lowest BCUT2D eigenvalue weighted by Crippen LogP contribution is -1.98. The van der Waals surface area contributed by atoms with Crippen LogP contribution in [0, 0.1) is 5.82 Å². The quantitative estimate of drug-likeness (QED) is 0.853. The van der Waals surface area contributed by atoms with Gasteiger partial charge in [-0.25, -0.2) is 4.39 Å². The second kappa shape index (κ2) is 4.31. The lowest BCUT2D eigenvalue weighted by atomic mass is 10.0. The van der Waals surface area contributed by atoms with Gasteiger partial charge in [-0.15, -0.1) is 0 Å². The highest BCUT2D eigenvalue weighted by Crippen LogP contribution is 2.26. The zero-order chi connectivity index (χ0) is 10.8. The molecule has 0 aliphatic heterocycles. The first-order valence-electron chi connectivity index (χ1n) is 4.33. The largest absolute Gasteiger partial charge is 0.384 e. The molecule has 2 rings (SSSR count). The molecule has 0 aliphatic rings. The van der Waals surface area contributed by atoms with Crippen LogP contribution >= 0.6 is 22.9 Å². The SMILES string of the molecule is OC(c1ccsc1)c1ccc(F)c(Cl)c1. The van der Waals surface area contributed by atoms with Crippen molar-refractivity contribution in [3.63, 3.8) is 0 Å². The molecule has 1 N–H and O–H groups in total.